The standard InChI is InChI=1S/C15H18ClN3OS/c1-2-18(11-5-3-4-6-11)13(20)8-7-12-14(16)17-15-19(12)9-10-21-15/h7-11H,2-6H2,1H3/b8-7+. The molecular formula is C15H18ClN3OS. The van der Waals surface area contributed by atoms with Gasteiger partial charge in [0.1, 0.15) is 0 Å². The van der Waals surface area contributed by atoms with Gasteiger partial charge >= 0.3 is 0 Å². The molecule has 0 unspecified atom stereocenters. The maximum absolute atomic E-state index is 12.4. The van der Waals surface area contributed by atoms with E-state index in [1.165, 1.54) is 24.2 Å². The average Bonchev–Trinajstić information content (AvgIpc) is 3.16. The van der Waals surface area contributed by atoms with Gasteiger partial charge in [0.05, 0.1) is 5.69 Å². The molecule has 0 atom stereocenters. The van der Waals surface area contributed by atoms with Gasteiger partial charge in [0.15, 0.2) is 10.1 Å². The number of fused-ring (bicyclic) bond motifs is 1. The third-order valence-corrected chi connectivity index (χ3v) is 5.06. The highest BCUT2D eigenvalue weighted by Crippen LogP contribution is 2.25. The Morgan fingerprint density at radius 1 is 1.57 bits per heavy atom. The highest BCUT2D eigenvalue weighted by Gasteiger charge is 2.24. The molecule has 1 fully saturated rings. The molecule has 0 aromatic carbocycles. The molecule has 0 saturated heterocycles. The largest absolute Gasteiger partial charge is 0.336 e. The molecule has 112 valence electrons. The van der Waals surface area contributed by atoms with Crippen molar-refractivity contribution < 1.29 is 4.79 Å². The minimum absolute atomic E-state index is 0.0608. The summed E-state index contributed by atoms with van der Waals surface area (Å²) in [4.78, 5) is 19.5. The zero-order valence-corrected chi connectivity index (χ0v) is 13.5. The SMILES string of the molecule is CCN(C(=O)/C=C/c1c(Cl)nc2sccn12)C1CCCC1. The van der Waals surface area contributed by atoms with Crippen LogP contribution in [0.2, 0.25) is 5.15 Å². The van der Waals surface area contributed by atoms with Crippen LogP contribution in [-0.4, -0.2) is 32.8 Å². The number of carbonyl (C=O) groups is 1. The Labute approximate surface area is 133 Å². The number of amides is 1. The van der Waals surface area contributed by atoms with Gasteiger partial charge in [0, 0.05) is 30.2 Å². The van der Waals surface area contributed by atoms with E-state index in [2.05, 4.69) is 4.98 Å². The molecule has 2 aromatic rings. The lowest BCUT2D eigenvalue weighted by atomic mass is 10.2. The van der Waals surface area contributed by atoms with Crippen LogP contribution in [0.25, 0.3) is 11.0 Å². The van der Waals surface area contributed by atoms with Crippen molar-refractivity contribution >= 4 is 39.9 Å². The molecule has 2 aromatic heterocycles. The Hall–Kier alpha value is -1.33. The highest BCUT2D eigenvalue weighted by atomic mass is 35.5. The average molecular weight is 324 g/mol. The van der Waals surface area contributed by atoms with Gasteiger partial charge in [-0.3, -0.25) is 9.20 Å². The van der Waals surface area contributed by atoms with Crippen LogP contribution in [-0.2, 0) is 4.79 Å². The normalized spacial score (nSPS) is 16.3. The van der Waals surface area contributed by atoms with E-state index in [1.54, 1.807) is 12.2 Å². The number of imidazole rings is 1. The smallest absolute Gasteiger partial charge is 0.246 e. The van der Waals surface area contributed by atoms with Crippen LogP contribution in [0, 0.1) is 0 Å². The van der Waals surface area contributed by atoms with Crippen LogP contribution in [0.1, 0.15) is 38.3 Å². The van der Waals surface area contributed by atoms with Gasteiger partial charge in [0.25, 0.3) is 0 Å². The number of aromatic nitrogens is 2. The fraction of sp³-hybridized carbons (Fsp3) is 0.467. The number of thiazole rings is 1. The molecule has 6 heteroatoms. The lowest BCUT2D eigenvalue weighted by Crippen LogP contribution is -2.37. The molecule has 3 rings (SSSR count). The lowest BCUT2D eigenvalue weighted by Gasteiger charge is -2.26. The fourth-order valence-electron chi connectivity index (χ4n) is 2.98. The maximum atomic E-state index is 12.4. The van der Waals surface area contributed by atoms with Crippen LogP contribution in [0.15, 0.2) is 17.7 Å². The molecule has 1 amide bonds. The third kappa shape index (κ3) is 2.85. The second-order valence-electron chi connectivity index (χ2n) is 5.24. The molecule has 0 spiro atoms. The number of likely N-dealkylation sites (N-methyl/N-ethyl adjacent to an activating group) is 1. The molecule has 2 heterocycles. The Morgan fingerprint density at radius 3 is 3.05 bits per heavy atom. The van der Waals surface area contributed by atoms with E-state index >= 15 is 0 Å². The Morgan fingerprint density at radius 2 is 2.33 bits per heavy atom. The van der Waals surface area contributed by atoms with Crippen LogP contribution in [0.4, 0.5) is 0 Å². The van der Waals surface area contributed by atoms with E-state index in [0.717, 1.165) is 30.0 Å². The summed E-state index contributed by atoms with van der Waals surface area (Å²) in [6.07, 6.45) is 10.00. The van der Waals surface area contributed by atoms with E-state index < -0.39 is 0 Å². The summed E-state index contributed by atoms with van der Waals surface area (Å²) >= 11 is 7.66. The predicted octanol–water partition coefficient (Wildman–Crippen LogP) is 3.85. The first-order valence-electron chi connectivity index (χ1n) is 7.30. The molecule has 0 bridgehead atoms. The van der Waals surface area contributed by atoms with E-state index in [1.807, 2.05) is 27.8 Å². The second kappa shape index (κ2) is 6.20. The third-order valence-electron chi connectivity index (χ3n) is 4.03. The fourth-order valence-corrected chi connectivity index (χ4v) is 3.99. The monoisotopic (exact) mass is 323 g/mol. The van der Waals surface area contributed by atoms with Crippen molar-refractivity contribution in [2.24, 2.45) is 0 Å². The molecule has 0 aliphatic heterocycles. The van der Waals surface area contributed by atoms with Gasteiger partial charge in [-0.05, 0) is 25.8 Å². The number of halogens is 1. The van der Waals surface area contributed by atoms with Gasteiger partial charge in [-0.25, -0.2) is 4.98 Å². The minimum atomic E-state index is 0.0608. The van der Waals surface area contributed by atoms with Crippen molar-refractivity contribution in [1.82, 2.24) is 14.3 Å². The van der Waals surface area contributed by atoms with Gasteiger partial charge < -0.3 is 4.90 Å². The molecule has 0 N–H and O–H groups in total. The van der Waals surface area contributed by atoms with E-state index in [9.17, 15) is 4.79 Å². The summed E-state index contributed by atoms with van der Waals surface area (Å²) in [6.45, 7) is 2.79. The second-order valence-corrected chi connectivity index (χ2v) is 6.47. The molecular weight excluding hydrogens is 306 g/mol. The van der Waals surface area contributed by atoms with Crippen molar-refractivity contribution in [3.8, 4) is 0 Å². The molecule has 21 heavy (non-hydrogen) atoms. The predicted molar refractivity (Wildman–Crippen MR) is 86.8 cm³/mol. The minimum Gasteiger partial charge on any atom is -0.336 e. The highest BCUT2D eigenvalue weighted by molar-refractivity contribution is 7.15. The summed E-state index contributed by atoms with van der Waals surface area (Å²) < 4.78 is 1.91. The van der Waals surface area contributed by atoms with Crippen molar-refractivity contribution in [1.29, 1.82) is 0 Å². The van der Waals surface area contributed by atoms with Gasteiger partial charge in [0.2, 0.25) is 5.91 Å². The number of carbonyl (C=O) groups excluding carboxylic acids is 1. The first-order chi connectivity index (χ1) is 10.2. The van der Waals surface area contributed by atoms with Crippen LogP contribution < -0.4 is 0 Å². The number of hydrogen-bond acceptors (Lipinski definition) is 3. The van der Waals surface area contributed by atoms with Crippen molar-refractivity contribution in [3.63, 3.8) is 0 Å². The summed E-state index contributed by atoms with van der Waals surface area (Å²) in [6, 6.07) is 0.397. The van der Waals surface area contributed by atoms with Crippen molar-refractivity contribution in [3.05, 3.63) is 28.5 Å². The van der Waals surface area contributed by atoms with Gasteiger partial charge in [-0.15, -0.1) is 11.3 Å². The number of hydrogen-bond donors (Lipinski definition) is 0. The summed E-state index contributed by atoms with van der Waals surface area (Å²) in [5, 5.41) is 2.39. The van der Waals surface area contributed by atoms with E-state index in [-0.39, 0.29) is 5.91 Å². The van der Waals surface area contributed by atoms with Gasteiger partial charge in [-0.1, -0.05) is 24.4 Å². The summed E-state index contributed by atoms with van der Waals surface area (Å²) in [5.41, 5.74) is 0.767. The topological polar surface area (TPSA) is 37.6 Å². The Kier molecular flexibility index (Phi) is 4.31. The first kappa shape index (κ1) is 14.6. The molecule has 0 radical (unpaired) electrons. The lowest BCUT2D eigenvalue weighted by molar-refractivity contribution is -0.127. The van der Waals surface area contributed by atoms with Crippen LogP contribution >= 0.6 is 22.9 Å². The Balaban J connectivity index is 1.79. The molecule has 1 saturated carbocycles. The zero-order valence-electron chi connectivity index (χ0n) is 12.0. The van der Waals surface area contributed by atoms with Crippen LogP contribution in [0.5, 0.6) is 0 Å². The molecule has 1 aliphatic carbocycles. The summed E-state index contributed by atoms with van der Waals surface area (Å²) in [7, 11) is 0. The quantitative estimate of drug-likeness (QED) is 0.801. The van der Waals surface area contributed by atoms with E-state index in [4.69, 9.17) is 11.6 Å². The maximum Gasteiger partial charge on any atom is 0.246 e. The van der Waals surface area contributed by atoms with Crippen molar-refractivity contribution in [2.45, 2.75) is 38.6 Å². The van der Waals surface area contributed by atoms with Crippen molar-refractivity contribution in [2.75, 3.05) is 6.54 Å². The number of rotatable bonds is 4. The van der Waals surface area contributed by atoms with E-state index in [0.29, 0.717) is 11.2 Å². The zero-order chi connectivity index (χ0) is 14.8. The molecule has 1 aliphatic rings. The summed E-state index contributed by atoms with van der Waals surface area (Å²) in [5.74, 6) is 0.0608. The Bertz CT molecular complexity index is 670. The number of nitrogens with zero attached hydrogens (tertiary/aromatic N) is 3. The van der Waals surface area contributed by atoms with Gasteiger partial charge in [-0.2, -0.15) is 0 Å². The molecule has 4 nitrogen and oxygen atoms in total. The van der Waals surface area contributed by atoms with Crippen LogP contribution in [0.3, 0.4) is 0 Å². The first-order valence-corrected chi connectivity index (χ1v) is 8.56.